The van der Waals surface area contributed by atoms with Crippen LogP contribution in [0.3, 0.4) is 0 Å². The fourth-order valence-electron chi connectivity index (χ4n) is 4.13. The number of amides is 1. The lowest BCUT2D eigenvalue weighted by atomic mass is 9.98. The first-order valence-corrected chi connectivity index (χ1v) is 11.4. The molecule has 3 N–H and O–H groups in total. The van der Waals surface area contributed by atoms with E-state index in [1.807, 2.05) is 20.8 Å². The van der Waals surface area contributed by atoms with Crippen molar-refractivity contribution in [2.24, 2.45) is 5.92 Å². The molecule has 1 amide bonds. The van der Waals surface area contributed by atoms with Gasteiger partial charge in [0.05, 0.1) is 4.90 Å². The maximum Gasteiger partial charge on any atom is 0.241 e. The van der Waals surface area contributed by atoms with Crippen molar-refractivity contribution < 1.29 is 13.2 Å². The molecule has 150 valence electrons. The zero-order valence-electron chi connectivity index (χ0n) is 16.4. The summed E-state index contributed by atoms with van der Waals surface area (Å²) in [5.41, 5.74) is 0.992. The highest BCUT2D eigenvalue weighted by Crippen LogP contribution is 2.27. The summed E-state index contributed by atoms with van der Waals surface area (Å²) in [6, 6.07) is 6.98. The van der Waals surface area contributed by atoms with Crippen LogP contribution in [0.1, 0.15) is 51.5 Å². The number of hydrogen-bond acceptors (Lipinski definition) is 4. The number of fused-ring (bicyclic) bond motifs is 2. The molecule has 1 aromatic carbocycles. The maximum absolute atomic E-state index is 12.9. The molecule has 3 unspecified atom stereocenters. The van der Waals surface area contributed by atoms with Gasteiger partial charge in [-0.15, -0.1) is 0 Å². The summed E-state index contributed by atoms with van der Waals surface area (Å²) < 4.78 is 28.1. The van der Waals surface area contributed by atoms with Crippen molar-refractivity contribution in [2.75, 3.05) is 0 Å². The minimum absolute atomic E-state index is 0.120. The molecule has 2 aliphatic rings. The van der Waals surface area contributed by atoms with Gasteiger partial charge in [-0.2, -0.15) is 4.72 Å². The van der Waals surface area contributed by atoms with Crippen LogP contribution >= 0.6 is 0 Å². The van der Waals surface area contributed by atoms with Gasteiger partial charge in [0, 0.05) is 18.1 Å². The fraction of sp³-hybridized carbons (Fsp3) is 0.650. The Labute approximate surface area is 162 Å². The first kappa shape index (κ1) is 20.3. The maximum atomic E-state index is 12.9. The minimum atomic E-state index is -3.74. The van der Waals surface area contributed by atoms with Crippen molar-refractivity contribution >= 4 is 15.9 Å². The van der Waals surface area contributed by atoms with Crippen molar-refractivity contribution in [3.05, 3.63) is 29.8 Å². The highest BCUT2D eigenvalue weighted by Gasteiger charge is 2.35. The molecule has 7 heteroatoms. The van der Waals surface area contributed by atoms with E-state index in [0.717, 1.165) is 31.2 Å². The quantitative estimate of drug-likeness (QED) is 0.662. The Balaban J connectivity index is 1.69. The minimum Gasteiger partial charge on any atom is -0.352 e. The molecule has 1 aromatic rings. The zero-order valence-corrected chi connectivity index (χ0v) is 17.2. The average Bonchev–Trinajstić information content (AvgIpc) is 2.92. The van der Waals surface area contributed by atoms with Crippen LogP contribution < -0.4 is 15.4 Å². The van der Waals surface area contributed by atoms with Crippen molar-refractivity contribution in [3.8, 4) is 0 Å². The molecular weight excluding hydrogens is 362 g/mol. The van der Waals surface area contributed by atoms with Crippen LogP contribution in [0.2, 0.25) is 0 Å². The Kier molecular flexibility index (Phi) is 6.23. The molecule has 0 aromatic heterocycles. The number of carbonyl (C=O) groups excluding carboxylic acids is 1. The van der Waals surface area contributed by atoms with E-state index in [9.17, 15) is 13.2 Å². The molecule has 0 saturated carbocycles. The molecule has 3 rings (SSSR count). The van der Waals surface area contributed by atoms with Crippen LogP contribution in [-0.2, 0) is 14.8 Å². The molecule has 3 atom stereocenters. The van der Waals surface area contributed by atoms with Crippen molar-refractivity contribution in [1.29, 1.82) is 0 Å². The second-order valence-corrected chi connectivity index (χ2v) is 10.1. The highest BCUT2D eigenvalue weighted by atomic mass is 32.2. The Hall–Kier alpha value is -1.44. The third-order valence-corrected chi connectivity index (χ3v) is 6.96. The van der Waals surface area contributed by atoms with Crippen molar-refractivity contribution in [3.63, 3.8) is 0 Å². The molecule has 0 spiro atoms. The lowest BCUT2D eigenvalue weighted by Gasteiger charge is -2.31. The van der Waals surface area contributed by atoms with Gasteiger partial charge in [0.25, 0.3) is 0 Å². The molecule has 27 heavy (non-hydrogen) atoms. The summed E-state index contributed by atoms with van der Waals surface area (Å²) in [6.07, 6.45) is 4.62. The van der Waals surface area contributed by atoms with Gasteiger partial charge in [0.15, 0.2) is 0 Å². The van der Waals surface area contributed by atoms with Crippen LogP contribution in [0, 0.1) is 12.8 Å². The largest absolute Gasteiger partial charge is 0.352 e. The van der Waals surface area contributed by atoms with Gasteiger partial charge in [-0.25, -0.2) is 8.42 Å². The Morgan fingerprint density at radius 2 is 1.74 bits per heavy atom. The Morgan fingerprint density at radius 1 is 1.15 bits per heavy atom. The van der Waals surface area contributed by atoms with E-state index < -0.39 is 16.1 Å². The number of rotatable bonds is 7. The van der Waals surface area contributed by atoms with Crippen LogP contribution in [0.25, 0.3) is 0 Å². The van der Waals surface area contributed by atoms with E-state index >= 15 is 0 Å². The predicted molar refractivity (Wildman–Crippen MR) is 106 cm³/mol. The standard InChI is InChI=1S/C20H31N3O3S/c1-13(2)10-19(23-27(25,26)18-8-4-14(3)5-9-18)20(24)22-17-11-15-6-7-16(12-17)21-15/h4-5,8-9,13,15-17,19,21,23H,6-7,10-12H2,1-3H3,(H,22,24). The summed E-state index contributed by atoms with van der Waals surface area (Å²) in [5, 5.41) is 6.66. The lowest BCUT2D eigenvalue weighted by Crippen LogP contribution is -2.53. The summed E-state index contributed by atoms with van der Waals surface area (Å²) in [4.78, 5) is 13.1. The summed E-state index contributed by atoms with van der Waals surface area (Å²) in [6.45, 7) is 5.89. The third kappa shape index (κ3) is 5.30. The molecule has 0 radical (unpaired) electrons. The monoisotopic (exact) mass is 393 g/mol. The van der Waals surface area contributed by atoms with E-state index in [-0.39, 0.29) is 22.8 Å². The van der Waals surface area contributed by atoms with Crippen LogP contribution in [-0.4, -0.2) is 38.5 Å². The number of benzene rings is 1. The van der Waals surface area contributed by atoms with Gasteiger partial charge in [0.2, 0.25) is 15.9 Å². The molecule has 2 saturated heterocycles. The molecule has 2 bridgehead atoms. The number of hydrogen-bond donors (Lipinski definition) is 3. The number of piperidine rings is 1. The molecule has 6 nitrogen and oxygen atoms in total. The van der Waals surface area contributed by atoms with Crippen molar-refractivity contribution in [2.45, 2.75) is 81.9 Å². The SMILES string of the molecule is Cc1ccc(S(=O)(=O)NC(CC(C)C)C(=O)NC2CC3CCC(C2)N3)cc1. The summed E-state index contributed by atoms with van der Waals surface area (Å²) >= 11 is 0. The second kappa shape index (κ2) is 8.29. The van der Waals surface area contributed by atoms with E-state index in [2.05, 4.69) is 15.4 Å². The normalized spacial score (nSPS) is 26.1. The number of nitrogens with one attached hydrogen (secondary N) is 3. The number of carbonyl (C=O) groups is 1. The van der Waals surface area contributed by atoms with Gasteiger partial charge < -0.3 is 10.6 Å². The topological polar surface area (TPSA) is 87.3 Å². The Morgan fingerprint density at radius 3 is 2.30 bits per heavy atom. The van der Waals surface area contributed by atoms with Crippen molar-refractivity contribution in [1.82, 2.24) is 15.4 Å². The van der Waals surface area contributed by atoms with Gasteiger partial charge in [-0.3, -0.25) is 4.79 Å². The molecule has 0 aliphatic carbocycles. The smallest absolute Gasteiger partial charge is 0.241 e. The molecular formula is C20H31N3O3S. The lowest BCUT2D eigenvalue weighted by molar-refractivity contribution is -0.124. The second-order valence-electron chi connectivity index (χ2n) is 8.43. The predicted octanol–water partition coefficient (Wildman–Crippen LogP) is 2.09. The Bertz CT molecular complexity index is 749. The first-order valence-electron chi connectivity index (χ1n) is 9.88. The third-order valence-electron chi connectivity index (χ3n) is 5.47. The first-order chi connectivity index (χ1) is 12.7. The van der Waals surface area contributed by atoms with Gasteiger partial charge in [-0.1, -0.05) is 31.5 Å². The zero-order chi connectivity index (χ0) is 19.6. The molecule has 2 aliphatic heterocycles. The highest BCUT2D eigenvalue weighted by molar-refractivity contribution is 7.89. The van der Waals surface area contributed by atoms with Crippen LogP contribution in [0.5, 0.6) is 0 Å². The van der Waals surface area contributed by atoms with Gasteiger partial charge in [0.1, 0.15) is 6.04 Å². The fourth-order valence-corrected chi connectivity index (χ4v) is 5.34. The summed E-state index contributed by atoms with van der Waals surface area (Å²) in [5.74, 6) is -0.0173. The van der Waals surface area contributed by atoms with E-state index in [0.29, 0.717) is 18.5 Å². The van der Waals surface area contributed by atoms with E-state index in [1.165, 1.54) is 0 Å². The van der Waals surface area contributed by atoms with Gasteiger partial charge >= 0.3 is 0 Å². The van der Waals surface area contributed by atoms with Crippen LogP contribution in [0.4, 0.5) is 0 Å². The summed E-state index contributed by atoms with van der Waals surface area (Å²) in [7, 11) is -3.74. The number of sulfonamides is 1. The molecule has 2 fully saturated rings. The van der Waals surface area contributed by atoms with Gasteiger partial charge in [-0.05, 0) is 57.1 Å². The van der Waals surface area contributed by atoms with Crippen LogP contribution in [0.15, 0.2) is 29.2 Å². The van der Waals surface area contributed by atoms with E-state index in [4.69, 9.17) is 0 Å². The molecule has 2 heterocycles. The number of aryl methyl sites for hydroxylation is 1. The van der Waals surface area contributed by atoms with E-state index in [1.54, 1.807) is 24.3 Å². The average molecular weight is 394 g/mol.